The summed E-state index contributed by atoms with van der Waals surface area (Å²) in [5.41, 5.74) is 7.24. The summed E-state index contributed by atoms with van der Waals surface area (Å²) in [5, 5.41) is 0. The zero-order valence-electron chi connectivity index (χ0n) is 10.5. The lowest BCUT2D eigenvalue weighted by molar-refractivity contribution is 0.0992. The highest BCUT2D eigenvalue weighted by Crippen LogP contribution is 2.22. The largest absolute Gasteiger partial charge is 0.399 e. The molecule has 0 atom stereocenters. The molecule has 2 aromatic rings. The molecular weight excluding hydrogens is 244 g/mol. The van der Waals surface area contributed by atoms with Crippen LogP contribution in [-0.2, 0) is 0 Å². The Labute approximate surface area is 111 Å². The summed E-state index contributed by atoms with van der Waals surface area (Å²) in [7, 11) is 0. The Balaban J connectivity index is 2.28. The Morgan fingerprint density at radius 3 is 2.39 bits per heavy atom. The van der Waals surface area contributed by atoms with Gasteiger partial charge in [0, 0.05) is 22.8 Å². The molecule has 1 heterocycles. The summed E-state index contributed by atoms with van der Waals surface area (Å²) >= 11 is 1.52. The standard InChI is InChI=1S/C14H16N2OS/c1-3-16(12-7-5-11(15)6-8-12)14(17)13-9-4-10(2)18-13/h4-9H,3,15H2,1-2H3. The molecule has 18 heavy (non-hydrogen) atoms. The maximum Gasteiger partial charge on any atom is 0.268 e. The van der Waals surface area contributed by atoms with Crippen LogP contribution in [0.3, 0.4) is 0 Å². The lowest BCUT2D eigenvalue weighted by Crippen LogP contribution is -2.29. The van der Waals surface area contributed by atoms with Gasteiger partial charge in [-0.05, 0) is 50.2 Å². The van der Waals surface area contributed by atoms with Gasteiger partial charge >= 0.3 is 0 Å². The van der Waals surface area contributed by atoms with Gasteiger partial charge in [0.25, 0.3) is 5.91 Å². The lowest BCUT2D eigenvalue weighted by atomic mass is 10.2. The number of hydrogen-bond acceptors (Lipinski definition) is 3. The molecule has 0 aliphatic rings. The van der Waals surface area contributed by atoms with Crippen molar-refractivity contribution >= 4 is 28.6 Å². The number of rotatable bonds is 3. The Kier molecular flexibility index (Phi) is 3.67. The molecule has 0 bridgehead atoms. The number of benzene rings is 1. The minimum Gasteiger partial charge on any atom is -0.399 e. The van der Waals surface area contributed by atoms with Gasteiger partial charge in [0.1, 0.15) is 0 Å². The van der Waals surface area contributed by atoms with Crippen LogP contribution in [0.25, 0.3) is 0 Å². The minimum absolute atomic E-state index is 0.0420. The van der Waals surface area contributed by atoms with Gasteiger partial charge in [-0.25, -0.2) is 0 Å². The molecule has 0 spiro atoms. The van der Waals surface area contributed by atoms with Crippen molar-refractivity contribution in [3.63, 3.8) is 0 Å². The van der Waals surface area contributed by atoms with Crippen LogP contribution in [0.15, 0.2) is 36.4 Å². The van der Waals surface area contributed by atoms with Gasteiger partial charge in [0.2, 0.25) is 0 Å². The Hall–Kier alpha value is -1.81. The van der Waals surface area contributed by atoms with E-state index in [1.54, 1.807) is 4.90 Å². The van der Waals surface area contributed by atoms with Crippen LogP contribution >= 0.6 is 11.3 Å². The maximum absolute atomic E-state index is 12.4. The van der Waals surface area contributed by atoms with E-state index in [1.807, 2.05) is 50.2 Å². The molecule has 0 aliphatic heterocycles. The average Bonchev–Trinajstić information content (AvgIpc) is 2.79. The van der Waals surface area contributed by atoms with Crippen molar-refractivity contribution in [2.45, 2.75) is 13.8 Å². The van der Waals surface area contributed by atoms with Gasteiger partial charge in [-0.2, -0.15) is 0 Å². The van der Waals surface area contributed by atoms with E-state index in [-0.39, 0.29) is 5.91 Å². The van der Waals surface area contributed by atoms with Crippen molar-refractivity contribution in [1.82, 2.24) is 0 Å². The van der Waals surface area contributed by atoms with E-state index < -0.39 is 0 Å². The molecule has 2 rings (SSSR count). The molecule has 0 radical (unpaired) electrons. The van der Waals surface area contributed by atoms with E-state index in [1.165, 1.54) is 11.3 Å². The van der Waals surface area contributed by atoms with E-state index >= 15 is 0 Å². The molecule has 0 unspecified atom stereocenters. The van der Waals surface area contributed by atoms with Gasteiger partial charge in [0.05, 0.1) is 4.88 Å². The van der Waals surface area contributed by atoms with Crippen LogP contribution in [0.4, 0.5) is 11.4 Å². The van der Waals surface area contributed by atoms with Gasteiger partial charge in [-0.1, -0.05) is 0 Å². The minimum atomic E-state index is 0.0420. The first-order chi connectivity index (χ1) is 8.61. The highest BCUT2D eigenvalue weighted by atomic mass is 32.1. The molecule has 0 saturated carbocycles. The summed E-state index contributed by atoms with van der Waals surface area (Å²) in [6.45, 7) is 4.61. The molecule has 2 N–H and O–H groups in total. The average molecular weight is 260 g/mol. The number of nitrogen functional groups attached to an aromatic ring is 1. The van der Waals surface area contributed by atoms with E-state index in [2.05, 4.69) is 0 Å². The summed E-state index contributed by atoms with van der Waals surface area (Å²) in [4.78, 5) is 16.0. The predicted molar refractivity (Wildman–Crippen MR) is 77.3 cm³/mol. The second-order valence-electron chi connectivity index (χ2n) is 4.05. The monoisotopic (exact) mass is 260 g/mol. The number of nitrogens with zero attached hydrogens (tertiary/aromatic N) is 1. The molecule has 1 aromatic carbocycles. The van der Waals surface area contributed by atoms with E-state index in [9.17, 15) is 4.79 Å². The van der Waals surface area contributed by atoms with Crippen LogP contribution in [0, 0.1) is 6.92 Å². The Bertz CT molecular complexity index is 545. The number of aryl methyl sites for hydroxylation is 1. The normalized spacial score (nSPS) is 10.3. The maximum atomic E-state index is 12.4. The first-order valence-electron chi connectivity index (χ1n) is 5.85. The van der Waals surface area contributed by atoms with E-state index in [0.29, 0.717) is 12.2 Å². The van der Waals surface area contributed by atoms with E-state index in [0.717, 1.165) is 15.4 Å². The van der Waals surface area contributed by atoms with Gasteiger partial charge in [-0.3, -0.25) is 4.79 Å². The molecular formula is C14H16N2OS. The van der Waals surface area contributed by atoms with Crippen molar-refractivity contribution in [2.75, 3.05) is 17.2 Å². The van der Waals surface area contributed by atoms with Gasteiger partial charge < -0.3 is 10.6 Å². The molecule has 1 aromatic heterocycles. The second kappa shape index (κ2) is 5.23. The van der Waals surface area contributed by atoms with Crippen LogP contribution < -0.4 is 10.6 Å². The number of carbonyl (C=O) groups excluding carboxylic acids is 1. The fourth-order valence-corrected chi connectivity index (χ4v) is 2.60. The third-order valence-electron chi connectivity index (χ3n) is 2.72. The third-order valence-corrected chi connectivity index (χ3v) is 3.71. The molecule has 94 valence electrons. The summed E-state index contributed by atoms with van der Waals surface area (Å²) in [6, 6.07) is 11.2. The second-order valence-corrected chi connectivity index (χ2v) is 5.34. The van der Waals surface area contributed by atoms with Gasteiger partial charge in [0.15, 0.2) is 0 Å². The summed E-state index contributed by atoms with van der Waals surface area (Å²) in [5.74, 6) is 0.0420. The van der Waals surface area contributed by atoms with Crippen LogP contribution in [0.5, 0.6) is 0 Å². The zero-order chi connectivity index (χ0) is 13.1. The topological polar surface area (TPSA) is 46.3 Å². The lowest BCUT2D eigenvalue weighted by Gasteiger charge is -2.20. The SMILES string of the molecule is CCN(C(=O)c1ccc(C)s1)c1ccc(N)cc1. The Morgan fingerprint density at radius 1 is 1.22 bits per heavy atom. The molecule has 4 heteroatoms. The Morgan fingerprint density at radius 2 is 1.89 bits per heavy atom. The molecule has 0 fully saturated rings. The number of hydrogen-bond donors (Lipinski definition) is 1. The van der Waals surface area contributed by atoms with Crippen LogP contribution in [0.2, 0.25) is 0 Å². The fraction of sp³-hybridized carbons (Fsp3) is 0.214. The van der Waals surface area contributed by atoms with Crippen molar-refractivity contribution < 1.29 is 4.79 Å². The number of thiophene rings is 1. The molecule has 3 nitrogen and oxygen atoms in total. The highest BCUT2D eigenvalue weighted by Gasteiger charge is 2.17. The smallest absolute Gasteiger partial charge is 0.268 e. The first kappa shape index (κ1) is 12.6. The van der Waals surface area contributed by atoms with Gasteiger partial charge in [-0.15, -0.1) is 11.3 Å². The number of amides is 1. The number of nitrogens with two attached hydrogens (primary N) is 1. The molecule has 1 amide bonds. The quantitative estimate of drug-likeness (QED) is 0.861. The van der Waals surface area contributed by atoms with E-state index in [4.69, 9.17) is 5.73 Å². The number of carbonyl (C=O) groups is 1. The number of anilines is 2. The van der Waals surface area contributed by atoms with Crippen molar-refractivity contribution in [3.8, 4) is 0 Å². The molecule has 0 saturated heterocycles. The van der Waals surface area contributed by atoms with Crippen molar-refractivity contribution in [1.29, 1.82) is 0 Å². The van der Waals surface area contributed by atoms with Crippen LogP contribution in [0.1, 0.15) is 21.5 Å². The third kappa shape index (κ3) is 2.54. The van der Waals surface area contributed by atoms with Crippen molar-refractivity contribution in [2.24, 2.45) is 0 Å². The summed E-state index contributed by atoms with van der Waals surface area (Å²) < 4.78 is 0. The fourth-order valence-electron chi connectivity index (χ4n) is 1.78. The zero-order valence-corrected chi connectivity index (χ0v) is 11.3. The highest BCUT2D eigenvalue weighted by molar-refractivity contribution is 7.14. The molecule has 0 aliphatic carbocycles. The summed E-state index contributed by atoms with van der Waals surface area (Å²) in [6.07, 6.45) is 0. The first-order valence-corrected chi connectivity index (χ1v) is 6.67. The van der Waals surface area contributed by atoms with Crippen LogP contribution in [-0.4, -0.2) is 12.5 Å². The van der Waals surface area contributed by atoms with Crippen molar-refractivity contribution in [3.05, 3.63) is 46.2 Å². The predicted octanol–water partition coefficient (Wildman–Crippen LogP) is 3.31.